The second-order valence-corrected chi connectivity index (χ2v) is 5.81. The van der Waals surface area contributed by atoms with Crippen LogP contribution in [0.4, 0.5) is 4.79 Å². The van der Waals surface area contributed by atoms with E-state index in [1.165, 1.54) is 7.11 Å². The van der Waals surface area contributed by atoms with Gasteiger partial charge < -0.3 is 14.4 Å². The second kappa shape index (κ2) is 5.69. The fraction of sp³-hybridized carbons (Fsp3) is 0.846. The first-order chi connectivity index (χ1) is 8.24. The minimum atomic E-state index is -0.486. The molecule has 0 radical (unpaired) electrons. The molecule has 1 fully saturated rings. The molecule has 0 aromatic carbocycles. The van der Waals surface area contributed by atoms with E-state index in [0.29, 0.717) is 12.8 Å². The van der Waals surface area contributed by atoms with E-state index in [-0.39, 0.29) is 30.4 Å². The maximum Gasteiger partial charge on any atom is 0.410 e. The first kappa shape index (κ1) is 15.0. The van der Waals surface area contributed by atoms with E-state index in [1.54, 1.807) is 11.9 Å². The topological polar surface area (TPSA) is 55.8 Å². The molecule has 104 valence electrons. The van der Waals surface area contributed by atoms with Crippen molar-refractivity contribution in [2.75, 3.05) is 20.8 Å². The summed E-state index contributed by atoms with van der Waals surface area (Å²) in [6, 6.07) is 0.102. The molecule has 0 atom stereocenters. The van der Waals surface area contributed by atoms with E-state index in [4.69, 9.17) is 9.47 Å². The Morgan fingerprint density at radius 2 is 1.83 bits per heavy atom. The lowest BCUT2D eigenvalue weighted by Gasteiger charge is -2.40. The van der Waals surface area contributed by atoms with Crippen molar-refractivity contribution in [2.45, 2.75) is 45.3 Å². The number of methoxy groups -OCH3 is 1. The van der Waals surface area contributed by atoms with Crippen molar-refractivity contribution in [3.05, 3.63) is 0 Å². The van der Waals surface area contributed by atoms with E-state index in [1.807, 2.05) is 20.8 Å². The van der Waals surface area contributed by atoms with Crippen LogP contribution in [0.5, 0.6) is 0 Å². The van der Waals surface area contributed by atoms with E-state index >= 15 is 0 Å². The number of ketones is 1. The number of nitrogens with zero attached hydrogens (tertiary/aromatic N) is 1. The molecule has 1 amide bonds. The van der Waals surface area contributed by atoms with Gasteiger partial charge >= 0.3 is 6.09 Å². The maximum absolute atomic E-state index is 11.8. The molecule has 5 nitrogen and oxygen atoms in total. The van der Waals surface area contributed by atoms with Crippen molar-refractivity contribution < 1.29 is 19.1 Å². The third-order valence-electron chi connectivity index (χ3n) is 3.08. The molecule has 18 heavy (non-hydrogen) atoms. The molecule has 0 N–H and O–H groups in total. The molecule has 0 heterocycles. The van der Waals surface area contributed by atoms with Crippen LogP contribution in [0.3, 0.4) is 0 Å². The normalized spacial score (nSPS) is 23.2. The van der Waals surface area contributed by atoms with E-state index in [9.17, 15) is 9.59 Å². The van der Waals surface area contributed by atoms with E-state index in [2.05, 4.69) is 0 Å². The van der Waals surface area contributed by atoms with Crippen molar-refractivity contribution in [2.24, 2.45) is 5.92 Å². The van der Waals surface area contributed by atoms with E-state index in [0.717, 1.165) is 0 Å². The molecule has 0 aromatic heterocycles. The predicted octanol–water partition coefficient (Wildman–Crippen LogP) is 1.85. The summed E-state index contributed by atoms with van der Waals surface area (Å²) in [4.78, 5) is 24.9. The number of carbonyl (C=O) groups is 2. The van der Waals surface area contributed by atoms with Crippen molar-refractivity contribution >= 4 is 11.9 Å². The molecular formula is C13H23NO4. The maximum atomic E-state index is 11.8. The minimum absolute atomic E-state index is 0.0276. The summed E-state index contributed by atoms with van der Waals surface area (Å²) in [6.45, 7) is 5.67. The van der Waals surface area contributed by atoms with Gasteiger partial charge in [-0.15, -0.1) is 0 Å². The van der Waals surface area contributed by atoms with Crippen LogP contribution in [0.25, 0.3) is 0 Å². The van der Waals surface area contributed by atoms with Crippen LogP contribution in [0, 0.1) is 5.92 Å². The lowest BCUT2D eigenvalue weighted by molar-refractivity contribution is -0.131. The van der Waals surface area contributed by atoms with Crippen LogP contribution in [-0.4, -0.2) is 49.2 Å². The van der Waals surface area contributed by atoms with Gasteiger partial charge in [0.2, 0.25) is 0 Å². The number of hydrogen-bond donors (Lipinski definition) is 0. The molecule has 1 rings (SSSR count). The summed E-state index contributed by atoms with van der Waals surface area (Å²) in [6.07, 6.45) is 1.08. The molecular weight excluding hydrogens is 234 g/mol. The summed E-state index contributed by atoms with van der Waals surface area (Å²) in [5.74, 6) is 0.145. The van der Waals surface area contributed by atoms with Crippen molar-refractivity contribution in [1.29, 1.82) is 0 Å². The highest BCUT2D eigenvalue weighted by Crippen LogP contribution is 2.32. The number of hydrogen-bond acceptors (Lipinski definition) is 4. The molecule has 5 heteroatoms. The summed E-state index contributed by atoms with van der Waals surface area (Å²) >= 11 is 0. The fourth-order valence-electron chi connectivity index (χ4n) is 1.91. The van der Waals surface area contributed by atoms with Gasteiger partial charge in [-0.1, -0.05) is 0 Å². The number of ether oxygens (including phenoxy) is 2. The van der Waals surface area contributed by atoms with Crippen molar-refractivity contribution in [3.63, 3.8) is 0 Å². The van der Waals surface area contributed by atoms with Gasteiger partial charge in [0.05, 0.1) is 0 Å². The summed E-state index contributed by atoms with van der Waals surface area (Å²) in [5, 5.41) is 0. The fourth-order valence-corrected chi connectivity index (χ4v) is 1.91. The quantitative estimate of drug-likeness (QED) is 0.771. The smallest absolute Gasteiger partial charge is 0.410 e. The average Bonchev–Trinajstić information content (AvgIpc) is 2.12. The molecule has 1 saturated carbocycles. The SMILES string of the molecule is COCC(=O)C1CC(N(C)C(=O)OC(C)(C)C)C1. The number of carbonyl (C=O) groups excluding carboxylic acids is 2. The van der Waals surface area contributed by atoms with Gasteiger partial charge in [0.1, 0.15) is 12.2 Å². The third-order valence-corrected chi connectivity index (χ3v) is 3.08. The van der Waals surface area contributed by atoms with Crippen LogP contribution in [-0.2, 0) is 14.3 Å². The second-order valence-electron chi connectivity index (χ2n) is 5.81. The molecule has 0 bridgehead atoms. The lowest BCUT2D eigenvalue weighted by Crippen LogP contribution is -2.49. The molecule has 0 aliphatic heterocycles. The van der Waals surface area contributed by atoms with Crippen molar-refractivity contribution in [3.8, 4) is 0 Å². The number of amides is 1. The molecule has 0 aromatic rings. The zero-order valence-electron chi connectivity index (χ0n) is 11.9. The first-order valence-electron chi connectivity index (χ1n) is 6.22. The summed E-state index contributed by atoms with van der Waals surface area (Å²) in [5.41, 5.74) is -0.486. The Morgan fingerprint density at radius 1 is 1.28 bits per heavy atom. The number of Topliss-reactive ketones (excluding diaryl/α,β-unsaturated/α-hetero) is 1. The van der Waals surface area contributed by atoms with Gasteiger partial charge in [0.15, 0.2) is 5.78 Å². The Hall–Kier alpha value is -1.10. The molecule has 1 aliphatic carbocycles. The van der Waals surface area contributed by atoms with Gasteiger partial charge in [0, 0.05) is 26.1 Å². The molecule has 0 saturated heterocycles. The zero-order valence-corrected chi connectivity index (χ0v) is 11.9. The Balaban J connectivity index is 2.37. The average molecular weight is 257 g/mol. The monoisotopic (exact) mass is 257 g/mol. The van der Waals surface area contributed by atoms with Crippen LogP contribution in [0.1, 0.15) is 33.6 Å². The van der Waals surface area contributed by atoms with Gasteiger partial charge in [-0.2, -0.15) is 0 Å². The highest BCUT2D eigenvalue weighted by Gasteiger charge is 2.39. The lowest BCUT2D eigenvalue weighted by atomic mass is 9.77. The van der Waals surface area contributed by atoms with Gasteiger partial charge in [-0.3, -0.25) is 4.79 Å². The predicted molar refractivity (Wildman–Crippen MR) is 67.4 cm³/mol. The van der Waals surface area contributed by atoms with Crippen LogP contribution in [0.2, 0.25) is 0 Å². The Labute approximate surface area is 108 Å². The van der Waals surface area contributed by atoms with Gasteiger partial charge in [-0.25, -0.2) is 4.79 Å². The highest BCUT2D eigenvalue weighted by molar-refractivity contribution is 5.83. The zero-order chi connectivity index (χ0) is 13.9. The van der Waals surface area contributed by atoms with E-state index < -0.39 is 5.60 Å². The first-order valence-corrected chi connectivity index (χ1v) is 6.22. The standard InChI is InChI=1S/C13H23NO4/c1-13(2,3)18-12(16)14(4)10-6-9(7-10)11(15)8-17-5/h9-10H,6-8H2,1-5H3. The highest BCUT2D eigenvalue weighted by atomic mass is 16.6. The third kappa shape index (κ3) is 3.98. The van der Waals surface area contributed by atoms with Crippen LogP contribution >= 0.6 is 0 Å². The van der Waals surface area contributed by atoms with Crippen LogP contribution in [0.15, 0.2) is 0 Å². The molecule has 0 unspecified atom stereocenters. The Kier molecular flexibility index (Phi) is 4.73. The van der Waals surface area contributed by atoms with Crippen LogP contribution < -0.4 is 0 Å². The largest absolute Gasteiger partial charge is 0.444 e. The number of rotatable bonds is 4. The Morgan fingerprint density at radius 3 is 2.28 bits per heavy atom. The minimum Gasteiger partial charge on any atom is -0.444 e. The Bertz CT molecular complexity index is 315. The summed E-state index contributed by atoms with van der Waals surface area (Å²) in [7, 11) is 3.23. The van der Waals surface area contributed by atoms with Gasteiger partial charge in [-0.05, 0) is 33.6 Å². The van der Waals surface area contributed by atoms with Crippen molar-refractivity contribution in [1.82, 2.24) is 4.90 Å². The molecule has 1 aliphatic rings. The molecule has 0 spiro atoms. The van der Waals surface area contributed by atoms with Gasteiger partial charge in [0.25, 0.3) is 0 Å². The summed E-state index contributed by atoms with van der Waals surface area (Å²) < 4.78 is 10.1.